The average Bonchev–Trinajstić information content (AvgIpc) is 2.60. The fourth-order valence-corrected chi connectivity index (χ4v) is 2.76. The van der Waals surface area contributed by atoms with E-state index in [2.05, 4.69) is 21.2 Å². The monoisotopic (exact) mass is 407 g/mol. The van der Waals surface area contributed by atoms with Gasteiger partial charge in [-0.25, -0.2) is 4.79 Å². The topological polar surface area (TPSA) is 84.9 Å². The lowest BCUT2D eigenvalue weighted by Gasteiger charge is -2.19. The number of rotatable bonds is 7. The molecule has 0 saturated carbocycles. The zero-order valence-electron chi connectivity index (χ0n) is 13.6. The maximum absolute atomic E-state index is 12.1. The van der Waals surface area contributed by atoms with Crippen molar-refractivity contribution in [3.8, 4) is 5.75 Å². The van der Waals surface area contributed by atoms with Crippen LogP contribution < -0.4 is 10.1 Å². The molecule has 0 aliphatic rings. The van der Waals surface area contributed by atoms with Gasteiger partial charge in [-0.2, -0.15) is 0 Å². The lowest BCUT2D eigenvalue weighted by molar-refractivity contribution is -0.137. The molecule has 1 unspecified atom stereocenters. The molecule has 0 aliphatic heterocycles. The predicted molar refractivity (Wildman–Crippen MR) is 95.5 cm³/mol. The second-order valence-electron chi connectivity index (χ2n) is 5.24. The van der Waals surface area contributed by atoms with Crippen LogP contribution in [0.2, 0.25) is 0 Å². The Kier molecular flexibility index (Phi) is 6.82. The maximum Gasteiger partial charge on any atom is 0.407 e. The summed E-state index contributed by atoms with van der Waals surface area (Å²) in [6, 6.07) is 13.6. The number of hydrogen-bond donors (Lipinski definition) is 2. The van der Waals surface area contributed by atoms with Gasteiger partial charge in [-0.3, -0.25) is 4.79 Å². The van der Waals surface area contributed by atoms with Gasteiger partial charge in [0.15, 0.2) is 0 Å². The SMILES string of the molecule is COc1ccc(Br)c(C(CC(=O)O)NC(=O)OCc2ccccc2)c1. The first-order valence-corrected chi connectivity index (χ1v) is 8.31. The predicted octanol–water partition coefficient (Wildman–Crippen LogP) is 3.90. The second kappa shape index (κ2) is 9.08. The van der Waals surface area contributed by atoms with Gasteiger partial charge in [0.1, 0.15) is 12.4 Å². The van der Waals surface area contributed by atoms with Crippen LogP contribution in [0.25, 0.3) is 0 Å². The molecule has 0 heterocycles. The summed E-state index contributed by atoms with van der Waals surface area (Å²) in [5.41, 5.74) is 1.44. The highest BCUT2D eigenvalue weighted by atomic mass is 79.9. The Morgan fingerprint density at radius 1 is 1.20 bits per heavy atom. The van der Waals surface area contributed by atoms with Crippen LogP contribution in [0.5, 0.6) is 5.75 Å². The third-order valence-electron chi connectivity index (χ3n) is 3.46. The van der Waals surface area contributed by atoms with Crippen molar-refractivity contribution in [1.82, 2.24) is 5.32 Å². The molecule has 2 N–H and O–H groups in total. The molecule has 0 bridgehead atoms. The van der Waals surface area contributed by atoms with Crippen molar-refractivity contribution < 1.29 is 24.2 Å². The van der Waals surface area contributed by atoms with Gasteiger partial charge in [-0.05, 0) is 29.3 Å². The van der Waals surface area contributed by atoms with Crippen LogP contribution in [0.3, 0.4) is 0 Å². The number of carboxylic acid groups (broad SMARTS) is 1. The number of aliphatic carboxylic acids is 1. The number of nitrogens with one attached hydrogen (secondary N) is 1. The molecule has 25 heavy (non-hydrogen) atoms. The summed E-state index contributed by atoms with van der Waals surface area (Å²) in [4.78, 5) is 23.2. The molecular formula is C18H18BrNO5. The number of ether oxygens (including phenoxy) is 2. The number of carbonyl (C=O) groups excluding carboxylic acids is 1. The van der Waals surface area contributed by atoms with E-state index >= 15 is 0 Å². The summed E-state index contributed by atoms with van der Waals surface area (Å²) in [5.74, 6) is -0.476. The molecule has 0 radical (unpaired) electrons. The Hall–Kier alpha value is -2.54. The molecule has 2 aromatic rings. The summed E-state index contributed by atoms with van der Waals surface area (Å²) < 4.78 is 11.0. The van der Waals surface area contributed by atoms with Gasteiger partial charge in [0.25, 0.3) is 0 Å². The number of halogens is 1. The van der Waals surface area contributed by atoms with Crippen molar-refractivity contribution in [3.63, 3.8) is 0 Å². The standard InChI is InChI=1S/C18H18BrNO5/c1-24-13-7-8-15(19)14(9-13)16(10-17(21)22)20-18(23)25-11-12-5-3-2-4-6-12/h2-9,16H,10-11H2,1H3,(H,20,23)(H,21,22). The van der Waals surface area contributed by atoms with Crippen molar-refractivity contribution in [3.05, 3.63) is 64.1 Å². The van der Waals surface area contributed by atoms with Crippen LogP contribution in [0.15, 0.2) is 53.0 Å². The lowest BCUT2D eigenvalue weighted by atomic mass is 10.0. The molecule has 2 aromatic carbocycles. The largest absolute Gasteiger partial charge is 0.497 e. The molecular weight excluding hydrogens is 390 g/mol. The number of alkyl carbamates (subject to hydrolysis) is 1. The Bertz CT molecular complexity index is 736. The van der Waals surface area contributed by atoms with Gasteiger partial charge in [-0.1, -0.05) is 46.3 Å². The summed E-state index contributed by atoms with van der Waals surface area (Å²) in [6.45, 7) is 0.103. The Morgan fingerprint density at radius 3 is 2.56 bits per heavy atom. The van der Waals surface area contributed by atoms with E-state index in [4.69, 9.17) is 14.6 Å². The molecule has 7 heteroatoms. The van der Waals surface area contributed by atoms with Crippen molar-refractivity contribution in [2.24, 2.45) is 0 Å². The normalized spacial score (nSPS) is 11.4. The van der Waals surface area contributed by atoms with E-state index in [9.17, 15) is 9.59 Å². The van der Waals surface area contributed by atoms with Crippen LogP contribution in [-0.4, -0.2) is 24.3 Å². The molecule has 2 rings (SSSR count). The molecule has 6 nitrogen and oxygen atoms in total. The van der Waals surface area contributed by atoms with E-state index in [1.54, 1.807) is 18.2 Å². The first-order valence-electron chi connectivity index (χ1n) is 7.52. The maximum atomic E-state index is 12.1. The molecule has 0 aromatic heterocycles. The number of carboxylic acids is 1. The Labute approximate surface area is 153 Å². The fourth-order valence-electron chi connectivity index (χ4n) is 2.24. The van der Waals surface area contributed by atoms with Crippen molar-refractivity contribution in [2.75, 3.05) is 7.11 Å². The van der Waals surface area contributed by atoms with Crippen molar-refractivity contribution in [1.29, 1.82) is 0 Å². The Morgan fingerprint density at radius 2 is 1.92 bits per heavy atom. The molecule has 0 fully saturated rings. The lowest BCUT2D eigenvalue weighted by Crippen LogP contribution is -2.31. The first kappa shape index (κ1) is 18.8. The zero-order valence-corrected chi connectivity index (χ0v) is 15.2. The third kappa shape index (κ3) is 5.79. The van der Waals surface area contributed by atoms with Crippen LogP contribution in [0, 0.1) is 0 Å². The summed E-state index contributed by atoms with van der Waals surface area (Å²) in [5, 5.41) is 11.7. The van der Waals surface area contributed by atoms with Crippen LogP contribution in [0.1, 0.15) is 23.6 Å². The minimum Gasteiger partial charge on any atom is -0.497 e. The van der Waals surface area contributed by atoms with E-state index in [1.165, 1.54) is 7.11 Å². The van der Waals surface area contributed by atoms with Crippen molar-refractivity contribution >= 4 is 28.0 Å². The van der Waals surface area contributed by atoms with Crippen molar-refractivity contribution in [2.45, 2.75) is 19.1 Å². The van der Waals surface area contributed by atoms with Gasteiger partial charge in [0.2, 0.25) is 0 Å². The smallest absolute Gasteiger partial charge is 0.407 e. The van der Waals surface area contributed by atoms with Crippen LogP contribution in [0.4, 0.5) is 4.79 Å². The van der Waals surface area contributed by atoms with Gasteiger partial charge >= 0.3 is 12.1 Å². The number of benzene rings is 2. The summed E-state index contributed by atoms with van der Waals surface area (Å²) in [7, 11) is 1.51. The first-order chi connectivity index (χ1) is 12.0. The van der Waals surface area contributed by atoms with Gasteiger partial charge in [-0.15, -0.1) is 0 Å². The second-order valence-corrected chi connectivity index (χ2v) is 6.10. The molecule has 0 saturated heterocycles. The van der Waals surface area contributed by atoms with E-state index in [1.807, 2.05) is 30.3 Å². The molecule has 0 spiro atoms. The fraction of sp³-hybridized carbons (Fsp3) is 0.222. The van der Waals surface area contributed by atoms with Crippen LogP contribution >= 0.6 is 15.9 Å². The zero-order chi connectivity index (χ0) is 18.2. The highest BCUT2D eigenvalue weighted by Crippen LogP contribution is 2.29. The highest BCUT2D eigenvalue weighted by molar-refractivity contribution is 9.10. The molecule has 1 amide bonds. The van der Waals surface area contributed by atoms with E-state index in [0.29, 0.717) is 15.8 Å². The van der Waals surface area contributed by atoms with Crippen LogP contribution in [-0.2, 0) is 16.1 Å². The summed E-state index contributed by atoms with van der Waals surface area (Å²) >= 11 is 3.38. The number of methoxy groups -OCH3 is 1. The molecule has 1 atom stereocenters. The minimum absolute atomic E-state index is 0.103. The van der Waals surface area contributed by atoms with Gasteiger partial charge in [0.05, 0.1) is 19.6 Å². The van der Waals surface area contributed by atoms with Gasteiger partial charge < -0.3 is 19.9 Å². The number of carbonyl (C=O) groups is 2. The van der Waals surface area contributed by atoms with E-state index in [0.717, 1.165) is 5.56 Å². The van der Waals surface area contributed by atoms with Gasteiger partial charge in [0, 0.05) is 4.47 Å². The summed E-state index contributed by atoms with van der Waals surface area (Å²) in [6.07, 6.45) is -0.975. The average molecular weight is 408 g/mol. The Balaban J connectivity index is 2.09. The van der Waals surface area contributed by atoms with E-state index in [-0.39, 0.29) is 13.0 Å². The quantitative estimate of drug-likeness (QED) is 0.726. The number of amides is 1. The minimum atomic E-state index is -1.04. The highest BCUT2D eigenvalue weighted by Gasteiger charge is 2.21. The van der Waals surface area contributed by atoms with E-state index < -0.39 is 18.1 Å². The third-order valence-corrected chi connectivity index (χ3v) is 4.18. The number of hydrogen-bond acceptors (Lipinski definition) is 4. The molecule has 0 aliphatic carbocycles. The molecule has 132 valence electrons.